The van der Waals surface area contributed by atoms with Crippen LogP contribution in [0.1, 0.15) is 76.3 Å². The van der Waals surface area contributed by atoms with Gasteiger partial charge >= 0.3 is 0 Å². The van der Waals surface area contributed by atoms with Crippen molar-refractivity contribution in [1.29, 1.82) is 0 Å². The molecule has 0 radical (unpaired) electrons. The lowest BCUT2D eigenvalue weighted by molar-refractivity contribution is -0.117. The molecule has 0 aliphatic carbocycles. The van der Waals surface area contributed by atoms with Gasteiger partial charge in [0.25, 0.3) is 0 Å². The molecule has 29 heavy (non-hydrogen) atoms. The molecule has 3 heteroatoms. The van der Waals surface area contributed by atoms with Gasteiger partial charge in [-0.2, -0.15) is 0 Å². The summed E-state index contributed by atoms with van der Waals surface area (Å²) in [5.41, 5.74) is 9.46. The molecule has 0 saturated heterocycles. The fourth-order valence-corrected chi connectivity index (χ4v) is 3.51. The summed E-state index contributed by atoms with van der Waals surface area (Å²) in [6.07, 6.45) is 11.8. The van der Waals surface area contributed by atoms with Crippen LogP contribution in [0.2, 0.25) is 0 Å². The summed E-state index contributed by atoms with van der Waals surface area (Å²) in [4.78, 5) is 12.7. The van der Waals surface area contributed by atoms with Crippen molar-refractivity contribution in [3.8, 4) is 0 Å². The highest BCUT2D eigenvalue weighted by molar-refractivity contribution is 5.99. The molecule has 3 N–H and O–H groups in total. The first-order valence-electron chi connectivity index (χ1n) is 11.0. The minimum atomic E-state index is -0.0453. The van der Waals surface area contributed by atoms with Crippen LogP contribution in [-0.4, -0.2) is 11.9 Å². The van der Waals surface area contributed by atoms with Crippen molar-refractivity contribution < 1.29 is 4.79 Å². The summed E-state index contributed by atoms with van der Waals surface area (Å²) in [6.45, 7) is 4.34. The zero-order chi connectivity index (χ0) is 20.9. The third kappa shape index (κ3) is 8.55. The molecular weight excluding hydrogens is 356 g/mol. The molecule has 0 aromatic heterocycles. The van der Waals surface area contributed by atoms with E-state index in [1.807, 2.05) is 54.6 Å². The molecule has 2 aromatic rings. The first kappa shape index (κ1) is 22.7. The molecule has 1 unspecified atom stereocenters. The summed E-state index contributed by atoms with van der Waals surface area (Å²) < 4.78 is 0. The predicted octanol–water partition coefficient (Wildman–Crippen LogP) is 6.35. The van der Waals surface area contributed by atoms with Crippen LogP contribution in [0.15, 0.2) is 60.7 Å². The molecule has 1 atom stereocenters. The molecular formula is C26H36N2O. The third-order valence-corrected chi connectivity index (χ3v) is 5.21. The highest BCUT2D eigenvalue weighted by Gasteiger charge is 2.10. The van der Waals surface area contributed by atoms with Crippen molar-refractivity contribution in [2.24, 2.45) is 0 Å². The van der Waals surface area contributed by atoms with Crippen LogP contribution in [0.5, 0.6) is 0 Å². The summed E-state index contributed by atoms with van der Waals surface area (Å²) in [7, 11) is 0. The Morgan fingerprint density at radius 3 is 2.14 bits per heavy atom. The molecule has 0 fully saturated rings. The van der Waals surface area contributed by atoms with E-state index in [0.29, 0.717) is 5.69 Å². The van der Waals surface area contributed by atoms with Gasteiger partial charge in [-0.1, -0.05) is 94.3 Å². The molecule has 156 valence electrons. The van der Waals surface area contributed by atoms with Crippen molar-refractivity contribution in [3.63, 3.8) is 0 Å². The van der Waals surface area contributed by atoms with Gasteiger partial charge in [-0.3, -0.25) is 4.79 Å². The second-order valence-electron chi connectivity index (χ2n) is 7.87. The number of rotatable bonds is 12. The van der Waals surface area contributed by atoms with E-state index in [2.05, 4.69) is 19.2 Å². The van der Waals surface area contributed by atoms with Crippen molar-refractivity contribution in [1.82, 2.24) is 5.32 Å². The Bertz CT molecular complexity index is 750. The highest BCUT2D eigenvalue weighted by Crippen LogP contribution is 2.24. The number of hydrogen-bond acceptors (Lipinski definition) is 2. The smallest absolute Gasteiger partial charge is 0.244 e. The van der Waals surface area contributed by atoms with Crippen LogP contribution in [0, 0.1) is 0 Å². The number of carbonyl (C=O) groups excluding carboxylic acids is 1. The zero-order valence-corrected chi connectivity index (χ0v) is 18.0. The van der Waals surface area contributed by atoms with Gasteiger partial charge in [0, 0.05) is 17.8 Å². The van der Waals surface area contributed by atoms with Gasteiger partial charge in [0.1, 0.15) is 0 Å². The number of nitrogen functional groups attached to an aromatic ring is 1. The third-order valence-electron chi connectivity index (χ3n) is 5.21. The second kappa shape index (κ2) is 12.8. The van der Waals surface area contributed by atoms with E-state index >= 15 is 0 Å². The average Bonchev–Trinajstić information content (AvgIpc) is 2.73. The summed E-state index contributed by atoms with van der Waals surface area (Å²) in [6, 6.07) is 17.8. The Morgan fingerprint density at radius 1 is 0.897 bits per heavy atom. The number of hydrogen-bond donors (Lipinski definition) is 2. The maximum atomic E-state index is 12.7. The molecule has 0 aliphatic heterocycles. The Balaban J connectivity index is 1.93. The lowest BCUT2D eigenvalue weighted by Gasteiger charge is -2.14. The lowest BCUT2D eigenvalue weighted by atomic mass is 9.97. The number of benzene rings is 2. The molecule has 2 rings (SSSR count). The van der Waals surface area contributed by atoms with E-state index in [1.165, 1.54) is 44.9 Å². The monoisotopic (exact) mass is 392 g/mol. The van der Waals surface area contributed by atoms with Gasteiger partial charge in [-0.15, -0.1) is 0 Å². The first-order chi connectivity index (χ1) is 14.1. The number of nitrogens with one attached hydrogen (secondary N) is 1. The molecule has 0 saturated carbocycles. The van der Waals surface area contributed by atoms with Gasteiger partial charge in [0.2, 0.25) is 5.91 Å². The highest BCUT2D eigenvalue weighted by atomic mass is 16.1. The van der Waals surface area contributed by atoms with E-state index in [4.69, 9.17) is 5.73 Å². The lowest BCUT2D eigenvalue weighted by Crippen LogP contribution is -2.31. The SMILES string of the molecule is CCCCCCCCCC(C)NC(=O)/C=C(/c1ccccc1)c1ccc(N)cc1. The maximum Gasteiger partial charge on any atom is 0.244 e. The number of carbonyl (C=O) groups is 1. The summed E-state index contributed by atoms with van der Waals surface area (Å²) >= 11 is 0. The fraction of sp³-hybridized carbons (Fsp3) is 0.423. The quantitative estimate of drug-likeness (QED) is 0.251. The molecule has 0 heterocycles. The van der Waals surface area contributed by atoms with Crippen LogP contribution in [0.4, 0.5) is 5.69 Å². The molecule has 0 bridgehead atoms. The Hall–Kier alpha value is -2.55. The van der Waals surface area contributed by atoms with E-state index in [1.54, 1.807) is 6.08 Å². The normalized spacial score (nSPS) is 12.6. The molecule has 2 aromatic carbocycles. The fourth-order valence-electron chi connectivity index (χ4n) is 3.51. The van der Waals surface area contributed by atoms with Gasteiger partial charge in [-0.25, -0.2) is 0 Å². The predicted molar refractivity (Wildman–Crippen MR) is 125 cm³/mol. The van der Waals surface area contributed by atoms with E-state index < -0.39 is 0 Å². The van der Waals surface area contributed by atoms with E-state index in [9.17, 15) is 4.79 Å². The van der Waals surface area contributed by atoms with E-state index in [-0.39, 0.29) is 11.9 Å². The number of nitrogens with two attached hydrogens (primary N) is 1. The van der Waals surface area contributed by atoms with Crippen LogP contribution in [0.3, 0.4) is 0 Å². The first-order valence-corrected chi connectivity index (χ1v) is 11.0. The standard InChI is InChI=1S/C26H36N2O/c1-3-4-5-6-7-8-10-13-21(2)28-26(29)20-25(22-14-11-9-12-15-22)23-16-18-24(27)19-17-23/h9,11-12,14-21H,3-8,10,13,27H2,1-2H3,(H,28,29)/b25-20-. The Kier molecular flexibility index (Phi) is 10.1. The zero-order valence-electron chi connectivity index (χ0n) is 18.0. The van der Waals surface area contributed by atoms with Crippen molar-refractivity contribution in [2.75, 3.05) is 5.73 Å². The summed E-state index contributed by atoms with van der Waals surface area (Å²) in [5.74, 6) is -0.0453. The van der Waals surface area contributed by atoms with Crippen LogP contribution in [0.25, 0.3) is 5.57 Å². The number of unbranched alkanes of at least 4 members (excludes halogenated alkanes) is 6. The minimum Gasteiger partial charge on any atom is -0.399 e. The van der Waals surface area contributed by atoms with Gasteiger partial charge in [0.15, 0.2) is 0 Å². The number of anilines is 1. The Morgan fingerprint density at radius 2 is 1.48 bits per heavy atom. The van der Waals surface area contributed by atoms with E-state index in [0.717, 1.165) is 23.1 Å². The van der Waals surface area contributed by atoms with Gasteiger partial charge < -0.3 is 11.1 Å². The van der Waals surface area contributed by atoms with Crippen molar-refractivity contribution in [3.05, 3.63) is 71.8 Å². The number of amides is 1. The second-order valence-corrected chi connectivity index (χ2v) is 7.87. The van der Waals surface area contributed by atoms with Gasteiger partial charge in [0.05, 0.1) is 0 Å². The minimum absolute atomic E-state index is 0.0453. The van der Waals surface area contributed by atoms with Crippen LogP contribution >= 0.6 is 0 Å². The van der Waals surface area contributed by atoms with Gasteiger partial charge in [-0.05, 0) is 42.2 Å². The van der Waals surface area contributed by atoms with Crippen molar-refractivity contribution >= 4 is 17.2 Å². The molecule has 3 nitrogen and oxygen atoms in total. The average molecular weight is 393 g/mol. The maximum absolute atomic E-state index is 12.7. The Labute approximate surface area is 176 Å². The topological polar surface area (TPSA) is 55.1 Å². The largest absolute Gasteiger partial charge is 0.399 e. The molecule has 0 spiro atoms. The summed E-state index contributed by atoms with van der Waals surface area (Å²) in [5, 5.41) is 3.13. The molecule has 1 amide bonds. The molecule has 0 aliphatic rings. The van der Waals surface area contributed by atoms with Crippen LogP contribution in [-0.2, 0) is 4.79 Å². The van der Waals surface area contributed by atoms with Crippen molar-refractivity contribution in [2.45, 2.75) is 71.3 Å². The van der Waals surface area contributed by atoms with Crippen LogP contribution < -0.4 is 11.1 Å².